The number of aromatic amines is 1. The lowest BCUT2D eigenvalue weighted by atomic mass is 10.1. The maximum Gasteiger partial charge on any atom is 0.138 e. The van der Waals surface area contributed by atoms with Crippen LogP contribution < -0.4 is 0 Å². The zero-order valence-electron chi connectivity index (χ0n) is 7.26. The van der Waals surface area contributed by atoms with Gasteiger partial charge in [0.05, 0.1) is 6.61 Å². The SMILES string of the molecule is Cc1cc2c(F)c(CO)ccc2[nH]1. The number of rotatable bonds is 1. The van der Waals surface area contributed by atoms with E-state index in [-0.39, 0.29) is 12.4 Å². The van der Waals surface area contributed by atoms with Gasteiger partial charge in [-0.15, -0.1) is 0 Å². The van der Waals surface area contributed by atoms with Crippen molar-refractivity contribution >= 4 is 10.9 Å². The molecule has 0 spiro atoms. The van der Waals surface area contributed by atoms with Crippen LogP contribution in [0.1, 0.15) is 11.3 Å². The first-order chi connectivity index (χ1) is 6.22. The molecule has 2 N–H and O–H groups in total. The van der Waals surface area contributed by atoms with Crippen molar-refractivity contribution in [2.24, 2.45) is 0 Å². The third-order valence-corrected chi connectivity index (χ3v) is 2.12. The Hall–Kier alpha value is -1.35. The van der Waals surface area contributed by atoms with Gasteiger partial charge in [-0.25, -0.2) is 4.39 Å². The molecule has 2 nitrogen and oxygen atoms in total. The van der Waals surface area contributed by atoms with Crippen molar-refractivity contribution in [3.05, 3.63) is 35.3 Å². The van der Waals surface area contributed by atoms with Crippen LogP contribution in [-0.4, -0.2) is 10.1 Å². The Balaban J connectivity index is 2.78. The van der Waals surface area contributed by atoms with E-state index in [2.05, 4.69) is 4.98 Å². The number of aryl methyl sites for hydroxylation is 1. The van der Waals surface area contributed by atoms with Gasteiger partial charge in [0.1, 0.15) is 5.82 Å². The van der Waals surface area contributed by atoms with Crippen LogP contribution in [-0.2, 0) is 6.61 Å². The van der Waals surface area contributed by atoms with Gasteiger partial charge in [-0.1, -0.05) is 6.07 Å². The highest BCUT2D eigenvalue weighted by molar-refractivity contribution is 5.81. The van der Waals surface area contributed by atoms with E-state index in [1.54, 1.807) is 18.2 Å². The van der Waals surface area contributed by atoms with E-state index in [4.69, 9.17) is 5.11 Å². The first kappa shape index (κ1) is 8.26. The molecular formula is C10H10FNO. The Morgan fingerprint density at radius 3 is 2.92 bits per heavy atom. The number of H-pyrrole nitrogens is 1. The summed E-state index contributed by atoms with van der Waals surface area (Å²) in [6.45, 7) is 1.62. The molecule has 0 saturated carbocycles. The molecule has 0 saturated heterocycles. The molecule has 68 valence electrons. The highest BCUT2D eigenvalue weighted by Gasteiger charge is 2.07. The monoisotopic (exact) mass is 179 g/mol. The fourth-order valence-corrected chi connectivity index (χ4v) is 1.48. The second-order valence-corrected chi connectivity index (χ2v) is 3.11. The molecule has 2 aromatic rings. The first-order valence-corrected chi connectivity index (χ1v) is 4.10. The fourth-order valence-electron chi connectivity index (χ4n) is 1.48. The van der Waals surface area contributed by atoms with Gasteiger partial charge in [-0.2, -0.15) is 0 Å². The number of aliphatic hydroxyl groups is 1. The summed E-state index contributed by atoms with van der Waals surface area (Å²) in [5.74, 6) is -0.329. The summed E-state index contributed by atoms with van der Waals surface area (Å²) in [6.07, 6.45) is 0. The molecule has 0 aliphatic carbocycles. The Morgan fingerprint density at radius 1 is 1.46 bits per heavy atom. The van der Waals surface area contributed by atoms with Gasteiger partial charge >= 0.3 is 0 Å². The number of aliphatic hydroxyl groups excluding tert-OH is 1. The van der Waals surface area contributed by atoms with E-state index in [1.165, 1.54) is 0 Å². The summed E-state index contributed by atoms with van der Waals surface area (Å²) in [4.78, 5) is 3.03. The lowest BCUT2D eigenvalue weighted by molar-refractivity contribution is 0.276. The maximum absolute atomic E-state index is 13.5. The molecule has 1 aromatic carbocycles. The Bertz CT molecular complexity index is 447. The Labute approximate surface area is 75.0 Å². The van der Waals surface area contributed by atoms with E-state index < -0.39 is 0 Å². The molecule has 1 heterocycles. The van der Waals surface area contributed by atoms with Crippen molar-refractivity contribution in [2.75, 3.05) is 0 Å². The first-order valence-electron chi connectivity index (χ1n) is 4.10. The van der Waals surface area contributed by atoms with E-state index in [1.807, 2.05) is 6.92 Å². The molecule has 0 unspecified atom stereocenters. The van der Waals surface area contributed by atoms with Crippen molar-refractivity contribution in [3.8, 4) is 0 Å². The topological polar surface area (TPSA) is 36.0 Å². The van der Waals surface area contributed by atoms with Crippen molar-refractivity contribution in [3.63, 3.8) is 0 Å². The highest BCUT2D eigenvalue weighted by atomic mass is 19.1. The van der Waals surface area contributed by atoms with Gasteiger partial charge in [0.25, 0.3) is 0 Å². The molecule has 1 aromatic heterocycles. The van der Waals surface area contributed by atoms with E-state index in [9.17, 15) is 4.39 Å². The zero-order chi connectivity index (χ0) is 9.42. The third kappa shape index (κ3) is 1.21. The average molecular weight is 179 g/mol. The molecule has 13 heavy (non-hydrogen) atoms. The van der Waals surface area contributed by atoms with Gasteiger partial charge in [0.2, 0.25) is 0 Å². The van der Waals surface area contributed by atoms with Crippen LogP contribution in [0.2, 0.25) is 0 Å². The van der Waals surface area contributed by atoms with Crippen molar-refractivity contribution < 1.29 is 9.50 Å². The summed E-state index contributed by atoms with van der Waals surface area (Å²) in [5, 5.41) is 9.38. The Morgan fingerprint density at radius 2 is 2.23 bits per heavy atom. The normalized spacial score (nSPS) is 11.0. The molecule has 0 atom stereocenters. The van der Waals surface area contributed by atoms with Gasteiger partial charge in [0, 0.05) is 22.2 Å². The zero-order valence-corrected chi connectivity index (χ0v) is 7.26. The summed E-state index contributed by atoms with van der Waals surface area (Å²) < 4.78 is 13.5. The van der Waals surface area contributed by atoms with Crippen molar-refractivity contribution in [1.82, 2.24) is 4.98 Å². The van der Waals surface area contributed by atoms with Crippen LogP contribution in [0.25, 0.3) is 10.9 Å². The number of hydrogen-bond acceptors (Lipinski definition) is 1. The average Bonchev–Trinajstić information content (AvgIpc) is 2.47. The van der Waals surface area contributed by atoms with Crippen LogP contribution in [0.4, 0.5) is 4.39 Å². The molecule has 0 fully saturated rings. The summed E-state index contributed by atoms with van der Waals surface area (Å²) >= 11 is 0. The van der Waals surface area contributed by atoms with E-state index >= 15 is 0 Å². The number of benzene rings is 1. The van der Waals surface area contributed by atoms with Crippen LogP contribution in [0, 0.1) is 12.7 Å². The van der Waals surface area contributed by atoms with E-state index in [0.29, 0.717) is 10.9 Å². The fraction of sp³-hybridized carbons (Fsp3) is 0.200. The molecule has 0 radical (unpaired) electrons. The molecule has 0 amide bonds. The van der Waals surface area contributed by atoms with Crippen LogP contribution in [0.15, 0.2) is 18.2 Å². The minimum Gasteiger partial charge on any atom is -0.392 e. The predicted octanol–water partition coefficient (Wildman–Crippen LogP) is 2.11. The van der Waals surface area contributed by atoms with Gasteiger partial charge in [0.15, 0.2) is 0 Å². The van der Waals surface area contributed by atoms with Crippen LogP contribution >= 0.6 is 0 Å². The van der Waals surface area contributed by atoms with E-state index in [0.717, 1.165) is 11.2 Å². The Kier molecular flexibility index (Phi) is 1.81. The maximum atomic E-state index is 13.5. The second kappa shape index (κ2) is 2.85. The molecule has 0 aliphatic heterocycles. The lowest BCUT2D eigenvalue weighted by Gasteiger charge is -1.98. The second-order valence-electron chi connectivity index (χ2n) is 3.11. The summed E-state index contributed by atoms with van der Waals surface area (Å²) in [5.41, 5.74) is 2.03. The largest absolute Gasteiger partial charge is 0.392 e. The predicted molar refractivity (Wildman–Crippen MR) is 48.9 cm³/mol. The smallest absolute Gasteiger partial charge is 0.138 e. The lowest BCUT2D eigenvalue weighted by Crippen LogP contribution is -1.89. The number of halogens is 1. The minimum atomic E-state index is -0.329. The van der Waals surface area contributed by atoms with Crippen molar-refractivity contribution in [2.45, 2.75) is 13.5 Å². The molecule has 0 aliphatic rings. The molecule has 2 rings (SSSR count). The minimum absolute atomic E-state index is 0.258. The van der Waals surface area contributed by atoms with Gasteiger partial charge in [-0.3, -0.25) is 0 Å². The van der Waals surface area contributed by atoms with Crippen LogP contribution in [0.3, 0.4) is 0 Å². The highest BCUT2D eigenvalue weighted by Crippen LogP contribution is 2.21. The molecule has 0 bridgehead atoms. The summed E-state index contributed by atoms with van der Waals surface area (Å²) in [6, 6.07) is 5.11. The van der Waals surface area contributed by atoms with Crippen molar-refractivity contribution in [1.29, 1.82) is 0 Å². The number of fused-ring (bicyclic) bond motifs is 1. The number of hydrogen-bond donors (Lipinski definition) is 2. The standard InChI is InChI=1S/C10H10FNO/c1-6-4-8-9(12-6)3-2-7(5-13)10(8)11/h2-4,12-13H,5H2,1H3. The van der Waals surface area contributed by atoms with Gasteiger partial charge in [-0.05, 0) is 19.1 Å². The molecular weight excluding hydrogens is 169 g/mol. The van der Waals surface area contributed by atoms with Crippen LogP contribution in [0.5, 0.6) is 0 Å². The third-order valence-electron chi connectivity index (χ3n) is 2.12. The summed E-state index contributed by atoms with van der Waals surface area (Å²) in [7, 11) is 0. The quantitative estimate of drug-likeness (QED) is 0.691. The van der Waals surface area contributed by atoms with Gasteiger partial charge < -0.3 is 10.1 Å². The molecule has 3 heteroatoms. The number of nitrogens with one attached hydrogen (secondary N) is 1. The number of aromatic nitrogens is 1.